The van der Waals surface area contributed by atoms with Gasteiger partial charge in [-0.05, 0) is 77.3 Å². The zero-order valence-electron chi connectivity index (χ0n) is 22.1. The van der Waals surface area contributed by atoms with Crippen molar-refractivity contribution in [3.63, 3.8) is 0 Å². The van der Waals surface area contributed by atoms with Gasteiger partial charge in [0.25, 0.3) is 0 Å². The van der Waals surface area contributed by atoms with E-state index in [1.807, 2.05) is 24.3 Å². The summed E-state index contributed by atoms with van der Waals surface area (Å²) in [4.78, 5) is 2.15. The molecule has 2 aliphatic rings. The number of halogens is 3. The average Bonchev–Trinajstić information content (AvgIpc) is 3.69. The van der Waals surface area contributed by atoms with Gasteiger partial charge in [0.05, 0.1) is 10.9 Å². The van der Waals surface area contributed by atoms with Gasteiger partial charge in [-0.15, -0.1) is 0 Å². The monoisotopic (exact) mass is 570 g/mol. The first-order chi connectivity index (χ1) is 18.6. The van der Waals surface area contributed by atoms with Crippen LogP contribution in [0, 0.1) is 17.6 Å². The maximum absolute atomic E-state index is 14.0. The molecule has 1 heterocycles. The van der Waals surface area contributed by atoms with Crippen molar-refractivity contribution in [2.24, 2.45) is 5.92 Å². The number of hydrogen-bond acceptors (Lipinski definition) is 4. The third-order valence-electron chi connectivity index (χ3n) is 7.65. The summed E-state index contributed by atoms with van der Waals surface area (Å²) >= 11 is 6.16. The number of nitrogens with zero attached hydrogens (tertiary/aromatic N) is 1. The van der Waals surface area contributed by atoms with Crippen LogP contribution >= 0.6 is 11.6 Å². The number of sulfone groups is 1. The van der Waals surface area contributed by atoms with Crippen LogP contribution in [0.4, 0.5) is 8.78 Å². The smallest absolute Gasteiger partial charge is 0.176 e. The first-order valence-electron chi connectivity index (χ1n) is 13.3. The van der Waals surface area contributed by atoms with Gasteiger partial charge in [-0.2, -0.15) is 0 Å². The summed E-state index contributed by atoms with van der Waals surface area (Å²) in [6.07, 6.45) is 4.84. The Morgan fingerprint density at radius 3 is 2.05 bits per heavy atom. The van der Waals surface area contributed by atoms with E-state index < -0.39 is 21.5 Å². The zero-order valence-corrected chi connectivity index (χ0v) is 23.7. The van der Waals surface area contributed by atoms with Crippen LogP contribution in [0.25, 0.3) is 4.91 Å². The quantitative estimate of drug-likeness (QED) is 0.293. The van der Waals surface area contributed by atoms with Crippen LogP contribution < -0.4 is 5.32 Å². The molecular weight excluding hydrogens is 538 g/mol. The van der Waals surface area contributed by atoms with E-state index in [2.05, 4.69) is 41.4 Å². The molecule has 5 rings (SSSR count). The van der Waals surface area contributed by atoms with E-state index in [4.69, 9.17) is 11.6 Å². The lowest BCUT2D eigenvalue weighted by Crippen LogP contribution is -2.44. The fourth-order valence-electron chi connectivity index (χ4n) is 5.60. The Bertz CT molecular complexity index is 1440. The molecule has 1 aliphatic heterocycles. The lowest BCUT2D eigenvalue weighted by molar-refractivity contribution is 0.203. The van der Waals surface area contributed by atoms with Gasteiger partial charge in [0, 0.05) is 43.0 Å². The molecule has 2 atom stereocenters. The maximum Gasteiger partial charge on any atom is 0.176 e. The van der Waals surface area contributed by atoms with Crippen molar-refractivity contribution in [1.82, 2.24) is 10.2 Å². The van der Waals surface area contributed by atoms with Gasteiger partial charge in [0.1, 0.15) is 11.6 Å². The Hall–Kier alpha value is -2.58. The summed E-state index contributed by atoms with van der Waals surface area (Å²) in [5.41, 5.74) is 3.99. The van der Waals surface area contributed by atoms with Crippen molar-refractivity contribution >= 4 is 26.3 Å². The van der Waals surface area contributed by atoms with Crippen LogP contribution in [0.1, 0.15) is 54.5 Å². The summed E-state index contributed by atoms with van der Waals surface area (Å²) in [5, 5.41) is 4.33. The second kappa shape index (κ2) is 11.5. The maximum atomic E-state index is 14.0. The minimum absolute atomic E-state index is 0.00503. The van der Waals surface area contributed by atoms with Crippen LogP contribution in [-0.4, -0.2) is 38.7 Å². The highest BCUT2D eigenvalue weighted by Gasteiger charge is 2.35. The Balaban J connectivity index is 1.41. The molecule has 1 aliphatic carbocycles. The molecule has 1 N–H and O–H groups in total. The number of nitrogens with one attached hydrogen (secondary N) is 1. The van der Waals surface area contributed by atoms with Crippen molar-refractivity contribution in [2.75, 3.05) is 19.3 Å². The summed E-state index contributed by atoms with van der Waals surface area (Å²) in [5.74, 6) is -0.809. The fourth-order valence-corrected chi connectivity index (χ4v) is 6.93. The van der Waals surface area contributed by atoms with Gasteiger partial charge in [-0.25, -0.2) is 17.2 Å². The van der Waals surface area contributed by atoms with E-state index in [-0.39, 0.29) is 16.5 Å². The van der Waals surface area contributed by atoms with Crippen molar-refractivity contribution in [3.8, 4) is 0 Å². The topological polar surface area (TPSA) is 49.4 Å². The van der Waals surface area contributed by atoms with E-state index in [0.717, 1.165) is 54.5 Å². The van der Waals surface area contributed by atoms with Crippen LogP contribution in [0.15, 0.2) is 72.3 Å². The zero-order chi connectivity index (χ0) is 27.7. The first-order valence-corrected chi connectivity index (χ1v) is 15.6. The molecule has 4 nitrogen and oxygen atoms in total. The molecule has 0 aromatic heterocycles. The lowest BCUT2D eigenvalue weighted by atomic mass is 9.91. The lowest BCUT2D eigenvalue weighted by Gasteiger charge is -2.42. The highest BCUT2D eigenvalue weighted by atomic mass is 35.5. The summed E-state index contributed by atoms with van der Waals surface area (Å²) in [6, 6.07) is 19.5. The van der Waals surface area contributed by atoms with Crippen LogP contribution in [0.5, 0.6) is 0 Å². The minimum atomic E-state index is -3.72. The Morgan fingerprint density at radius 2 is 1.54 bits per heavy atom. The minimum Gasteiger partial charge on any atom is -0.310 e. The molecule has 3 aromatic rings. The highest BCUT2D eigenvalue weighted by molar-refractivity contribution is 8.00. The van der Waals surface area contributed by atoms with E-state index in [1.165, 1.54) is 18.4 Å². The second-order valence-electron chi connectivity index (χ2n) is 10.7. The van der Waals surface area contributed by atoms with Gasteiger partial charge in [-0.1, -0.05) is 54.9 Å². The SMILES string of the molecule is CCC(NCc1ccc(C(c2ccc(Cl)cc2)N2CC(=C(c3cc(F)cc(F)c3)S(C)(=O)=O)C2)cc1)C1CC1. The predicted octanol–water partition coefficient (Wildman–Crippen LogP) is 6.76. The molecule has 0 spiro atoms. The molecule has 8 heteroatoms. The van der Waals surface area contributed by atoms with Gasteiger partial charge in [-0.3, -0.25) is 4.90 Å². The molecular formula is C31H33ClF2N2O2S. The van der Waals surface area contributed by atoms with Crippen molar-refractivity contribution in [2.45, 2.75) is 44.8 Å². The molecule has 2 fully saturated rings. The van der Waals surface area contributed by atoms with E-state index in [9.17, 15) is 17.2 Å². The summed E-state index contributed by atoms with van der Waals surface area (Å²) in [7, 11) is -3.72. The first kappa shape index (κ1) is 28.0. The van der Waals surface area contributed by atoms with Crippen molar-refractivity contribution in [1.29, 1.82) is 0 Å². The number of hydrogen-bond donors (Lipinski definition) is 1. The van der Waals surface area contributed by atoms with Crippen LogP contribution in [-0.2, 0) is 16.4 Å². The Morgan fingerprint density at radius 1 is 0.974 bits per heavy atom. The largest absolute Gasteiger partial charge is 0.310 e. The number of rotatable bonds is 10. The molecule has 0 radical (unpaired) electrons. The molecule has 0 amide bonds. The Labute approximate surface area is 234 Å². The standard InChI is InChI=1S/C31H33ClF2N2O2S/c1-3-29(21-8-9-21)35-17-20-4-6-22(7-5-20)30(23-10-12-26(32)13-11-23)36-18-25(19-36)31(39(2,37)38)24-14-27(33)16-28(34)15-24/h4-7,10-16,21,29-30,35H,3,8-9,17-19H2,1-2H3. The summed E-state index contributed by atoms with van der Waals surface area (Å²) < 4.78 is 53.3. The fraction of sp³-hybridized carbons (Fsp3) is 0.355. The van der Waals surface area contributed by atoms with Crippen LogP contribution in [0.2, 0.25) is 5.02 Å². The predicted molar refractivity (Wildman–Crippen MR) is 153 cm³/mol. The van der Waals surface area contributed by atoms with E-state index >= 15 is 0 Å². The molecule has 2 unspecified atom stereocenters. The third-order valence-corrected chi connectivity index (χ3v) is 9.17. The average molecular weight is 571 g/mol. The summed E-state index contributed by atoms with van der Waals surface area (Å²) in [6.45, 7) is 3.76. The molecule has 0 bridgehead atoms. The van der Waals surface area contributed by atoms with Gasteiger partial charge in [0.15, 0.2) is 9.84 Å². The number of likely N-dealkylation sites (tertiary alicyclic amines) is 1. The highest BCUT2D eigenvalue weighted by Crippen LogP contribution is 2.39. The third kappa shape index (κ3) is 6.60. The molecule has 1 saturated heterocycles. The molecule has 3 aromatic carbocycles. The molecule has 1 saturated carbocycles. The number of benzene rings is 3. The molecule has 39 heavy (non-hydrogen) atoms. The van der Waals surface area contributed by atoms with E-state index in [1.54, 1.807) is 0 Å². The van der Waals surface area contributed by atoms with Gasteiger partial charge in [0.2, 0.25) is 0 Å². The Kier molecular flexibility index (Phi) is 8.24. The molecule has 206 valence electrons. The van der Waals surface area contributed by atoms with E-state index in [0.29, 0.717) is 29.7 Å². The van der Waals surface area contributed by atoms with Gasteiger partial charge < -0.3 is 5.32 Å². The second-order valence-corrected chi connectivity index (χ2v) is 13.1. The van der Waals surface area contributed by atoms with Gasteiger partial charge >= 0.3 is 0 Å². The normalized spacial score (nSPS) is 17.5. The van der Waals surface area contributed by atoms with Crippen molar-refractivity contribution < 1.29 is 17.2 Å². The van der Waals surface area contributed by atoms with Crippen LogP contribution in [0.3, 0.4) is 0 Å². The van der Waals surface area contributed by atoms with Crippen molar-refractivity contribution in [3.05, 3.63) is 111 Å².